The Morgan fingerprint density at radius 3 is 1.75 bits per heavy atom. The molecule has 0 amide bonds. The van der Waals surface area contributed by atoms with Crippen molar-refractivity contribution < 1.29 is 28.2 Å². The summed E-state index contributed by atoms with van der Waals surface area (Å²) in [6.07, 6.45) is 3.73. The van der Waals surface area contributed by atoms with E-state index in [1.54, 1.807) is 13.2 Å². The van der Waals surface area contributed by atoms with Crippen molar-refractivity contribution in [1.29, 1.82) is 0 Å². The maximum atomic E-state index is 13.6. The second kappa shape index (κ2) is 20.7. The minimum absolute atomic E-state index is 0.00967. The van der Waals surface area contributed by atoms with Crippen molar-refractivity contribution in [2.75, 3.05) is 20.3 Å². The van der Waals surface area contributed by atoms with Crippen LogP contribution in [0.1, 0.15) is 88.1 Å². The van der Waals surface area contributed by atoms with Gasteiger partial charge in [-0.05, 0) is 75.6 Å². The summed E-state index contributed by atoms with van der Waals surface area (Å²) in [5.41, 5.74) is 1.11. The number of carbonyl (C=O) groups is 1. The van der Waals surface area contributed by atoms with Gasteiger partial charge in [-0.15, -0.1) is 0 Å². The lowest BCUT2D eigenvalue weighted by Gasteiger charge is -2.44. The van der Waals surface area contributed by atoms with Crippen LogP contribution in [0.2, 0.25) is 23.2 Å². The van der Waals surface area contributed by atoms with Crippen molar-refractivity contribution in [2.24, 2.45) is 29.6 Å². The summed E-state index contributed by atoms with van der Waals surface area (Å²) in [6.45, 7) is 30.2. The van der Waals surface area contributed by atoms with Gasteiger partial charge < -0.3 is 23.4 Å². The fourth-order valence-corrected chi connectivity index (χ4v) is 13.6. The molecule has 7 atom stereocenters. The normalized spacial score (nSPS) is 16.8. The van der Waals surface area contributed by atoms with Crippen LogP contribution >= 0.6 is 0 Å². The van der Waals surface area contributed by atoms with Crippen molar-refractivity contribution in [3.63, 3.8) is 0 Å². The number of hydrogen-bond acceptors (Lipinski definition) is 6. The third-order valence-electron chi connectivity index (χ3n) is 12.0. The SMILES string of the molecule is COc1ccc(COC[C@H](C)[C@H](O[Si](C)(C)C(C)(C)C)[C@@H](C)C[C@@H](C)/C=C/C(=O)[C@H](C)[C@@H](O)[C@@H](C)CO[Si](c2ccccc2)(c2ccccc2)C(C)(C)C)cc1. The quantitative estimate of drug-likeness (QED) is 0.0854. The Morgan fingerprint density at radius 1 is 0.732 bits per heavy atom. The topological polar surface area (TPSA) is 74.2 Å². The number of aliphatic hydroxyl groups is 1. The number of benzene rings is 3. The molecule has 0 aliphatic carbocycles. The van der Waals surface area contributed by atoms with E-state index in [0.717, 1.165) is 17.7 Å². The van der Waals surface area contributed by atoms with Crippen molar-refractivity contribution >= 4 is 32.8 Å². The predicted octanol–water partition coefficient (Wildman–Crippen LogP) is 10.2. The fraction of sp³-hybridized carbons (Fsp3) is 0.562. The third kappa shape index (κ3) is 12.6. The van der Waals surface area contributed by atoms with E-state index in [1.165, 1.54) is 10.4 Å². The third-order valence-corrected chi connectivity index (χ3v) is 21.5. The van der Waals surface area contributed by atoms with E-state index in [9.17, 15) is 9.90 Å². The van der Waals surface area contributed by atoms with Crippen LogP contribution in [-0.2, 0) is 25.0 Å². The standard InChI is InChI=1S/C48H74O6Si2/c1-35(31-36(2)46(54-55(13,14)47(6,7)8)38(4)32-52-34-40-26-28-41(51-12)29-27-40)25-30-44(49)39(5)45(50)37(3)33-53-56(48(9,10)11,42-21-17-15-18-22-42)43-23-19-16-20-24-43/h15-30,35-39,45-46,50H,31-34H2,1-14H3/b30-25+/t35-,36-,37-,38-,39-,45-,46+/m0/s1. The Labute approximate surface area is 342 Å². The van der Waals surface area contributed by atoms with Crippen LogP contribution < -0.4 is 15.1 Å². The second-order valence-corrected chi connectivity index (χ2v) is 27.9. The molecule has 3 rings (SSSR count). The Balaban J connectivity index is 1.68. The van der Waals surface area contributed by atoms with Crippen LogP contribution in [0.4, 0.5) is 0 Å². The average molecular weight is 803 g/mol. The predicted molar refractivity (Wildman–Crippen MR) is 239 cm³/mol. The minimum Gasteiger partial charge on any atom is -0.497 e. The molecule has 0 unspecified atom stereocenters. The lowest BCUT2D eigenvalue weighted by Crippen LogP contribution is -2.67. The molecule has 0 bridgehead atoms. The van der Waals surface area contributed by atoms with Gasteiger partial charge >= 0.3 is 0 Å². The zero-order chi connectivity index (χ0) is 41.9. The molecule has 0 aromatic heterocycles. The van der Waals surface area contributed by atoms with Crippen molar-refractivity contribution in [3.05, 3.63) is 103 Å². The molecular weight excluding hydrogens is 729 g/mol. The van der Waals surface area contributed by atoms with Crippen molar-refractivity contribution in [3.8, 4) is 5.75 Å². The molecule has 0 aliphatic rings. The van der Waals surface area contributed by atoms with Gasteiger partial charge in [0, 0.05) is 24.4 Å². The van der Waals surface area contributed by atoms with Crippen molar-refractivity contribution in [2.45, 2.75) is 125 Å². The number of ether oxygens (including phenoxy) is 2. The van der Waals surface area contributed by atoms with E-state index in [-0.39, 0.29) is 45.6 Å². The fourth-order valence-electron chi connectivity index (χ4n) is 7.48. The van der Waals surface area contributed by atoms with E-state index in [2.05, 4.69) is 124 Å². The molecule has 0 spiro atoms. The van der Waals surface area contributed by atoms with E-state index < -0.39 is 28.7 Å². The van der Waals surface area contributed by atoms with Gasteiger partial charge in [0.1, 0.15) is 5.75 Å². The molecule has 1 N–H and O–H groups in total. The summed E-state index contributed by atoms with van der Waals surface area (Å²) in [5, 5.41) is 13.8. The van der Waals surface area contributed by atoms with E-state index >= 15 is 0 Å². The van der Waals surface area contributed by atoms with Crippen LogP contribution in [0.3, 0.4) is 0 Å². The average Bonchev–Trinajstić information content (AvgIpc) is 3.15. The lowest BCUT2D eigenvalue weighted by molar-refractivity contribution is -0.122. The zero-order valence-corrected chi connectivity index (χ0v) is 39.1. The number of rotatable bonds is 21. The molecule has 0 aliphatic heterocycles. The molecule has 310 valence electrons. The summed E-state index contributed by atoms with van der Waals surface area (Å²) in [4.78, 5) is 13.6. The molecule has 0 saturated heterocycles. The van der Waals surface area contributed by atoms with Crippen molar-refractivity contribution in [1.82, 2.24) is 0 Å². The number of hydrogen-bond donors (Lipinski definition) is 1. The first-order chi connectivity index (χ1) is 26.1. The Hall–Kier alpha value is -2.86. The first-order valence-corrected chi connectivity index (χ1v) is 25.5. The Kier molecular flexibility index (Phi) is 17.6. The maximum absolute atomic E-state index is 13.6. The zero-order valence-electron chi connectivity index (χ0n) is 37.1. The number of allylic oxidation sites excluding steroid dienone is 2. The maximum Gasteiger partial charge on any atom is 0.261 e. The smallest absolute Gasteiger partial charge is 0.261 e. The van der Waals surface area contributed by atoms with Crippen LogP contribution in [0.15, 0.2) is 97.1 Å². The summed E-state index contributed by atoms with van der Waals surface area (Å²) in [6, 6.07) is 29.0. The molecule has 0 radical (unpaired) electrons. The van der Waals surface area contributed by atoms with Gasteiger partial charge in [0.15, 0.2) is 14.1 Å². The first-order valence-electron chi connectivity index (χ1n) is 20.7. The molecular formula is C48H74O6Si2. The van der Waals surface area contributed by atoms with Crippen LogP contribution in [-0.4, -0.2) is 60.1 Å². The van der Waals surface area contributed by atoms with Gasteiger partial charge in [-0.25, -0.2) is 0 Å². The Bertz CT molecular complexity index is 1590. The van der Waals surface area contributed by atoms with Crippen LogP contribution in [0, 0.1) is 29.6 Å². The molecule has 0 heterocycles. The minimum atomic E-state index is -2.77. The molecule has 3 aromatic rings. The van der Waals surface area contributed by atoms with Gasteiger partial charge in [-0.2, -0.15) is 0 Å². The molecule has 0 fully saturated rings. The molecule has 56 heavy (non-hydrogen) atoms. The number of carbonyl (C=O) groups excluding carboxylic acids is 1. The number of aliphatic hydroxyl groups excluding tert-OH is 1. The van der Waals surface area contributed by atoms with Gasteiger partial charge in [0.25, 0.3) is 8.32 Å². The van der Waals surface area contributed by atoms with Gasteiger partial charge in [-0.3, -0.25) is 4.79 Å². The highest BCUT2D eigenvalue weighted by molar-refractivity contribution is 6.99. The van der Waals surface area contributed by atoms with E-state index in [0.29, 0.717) is 19.8 Å². The summed E-state index contributed by atoms with van der Waals surface area (Å²) in [5.74, 6) is 0.517. The second-order valence-electron chi connectivity index (χ2n) is 18.9. The monoisotopic (exact) mass is 803 g/mol. The van der Waals surface area contributed by atoms with E-state index in [1.807, 2.05) is 56.3 Å². The highest BCUT2D eigenvalue weighted by Gasteiger charge is 2.50. The lowest BCUT2D eigenvalue weighted by atomic mass is 9.86. The number of methoxy groups -OCH3 is 1. The van der Waals surface area contributed by atoms with E-state index in [4.69, 9.17) is 18.3 Å². The summed E-state index contributed by atoms with van der Waals surface area (Å²) in [7, 11) is -3.17. The molecule has 3 aromatic carbocycles. The molecule has 0 saturated carbocycles. The summed E-state index contributed by atoms with van der Waals surface area (Å²) < 4.78 is 25.8. The molecule has 8 heteroatoms. The van der Waals surface area contributed by atoms with Gasteiger partial charge in [0.05, 0.1) is 32.5 Å². The number of ketones is 1. The molecule has 6 nitrogen and oxygen atoms in total. The highest BCUT2D eigenvalue weighted by atomic mass is 28.4. The Morgan fingerprint density at radius 2 is 1.27 bits per heavy atom. The summed E-state index contributed by atoms with van der Waals surface area (Å²) >= 11 is 0. The van der Waals surface area contributed by atoms with Crippen LogP contribution in [0.5, 0.6) is 5.75 Å². The van der Waals surface area contributed by atoms with Crippen LogP contribution in [0.25, 0.3) is 0 Å². The largest absolute Gasteiger partial charge is 0.497 e. The first kappa shape index (κ1) is 47.5. The van der Waals surface area contributed by atoms with Gasteiger partial charge in [-0.1, -0.05) is 155 Å². The van der Waals surface area contributed by atoms with Gasteiger partial charge in [0.2, 0.25) is 0 Å². The highest BCUT2D eigenvalue weighted by Crippen LogP contribution is 2.40.